The molecule has 1 aliphatic rings. The van der Waals surface area contributed by atoms with Crippen molar-refractivity contribution in [1.82, 2.24) is 15.3 Å². The highest BCUT2D eigenvalue weighted by molar-refractivity contribution is 7.10. The minimum absolute atomic E-state index is 0.0790. The first-order valence-electron chi connectivity index (χ1n) is 7.20. The predicted octanol–water partition coefficient (Wildman–Crippen LogP) is 2.88. The molecule has 2 heterocycles. The lowest BCUT2D eigenvalue weighted by molar-refractivity contribution is 0.181. The minimum Gasteiger partial charge on any atom is -0.378 e. The van der Waals surface area contributed by atoms with Crippen LogP contribution in [-0.4, -0.2) is 23.1 Å². The van der Waals surface area contributed by atoms with Gasteiger partial charge in [0, 0.05) is 18.1 Å². The number of aromatic nitrogens is 2. The van der Waals surface area contributed by atoms with Crippen LogP contribution in [0.25, 0.3) is 0 Å². The number of amides is 2. The monoisotopic (exact) mass is 318 g/mol. The van der Waals surface area contributed by atoms with Crippen LogP contribution in [0.15, 0.2) is 23.8 Å². The number of urea groups is 1. The van der Waals surface area contributed by atoms with Crippen LogP contribution in [0.4, 0.5) is 10.6 Å². The summed E-state index contributed by atoms with van der Waals surface area (Å²) in [7, 11) is 1.60. The van der Waals surface area contributed by atoms with Crippen LogP contribution in [0, 0.1) is 0 Å². The van der Waals surface area contributed by atoms with E-state index in [9.17, 15) is 4.79 Å². The van der Waals surface area contributed by atoms with E-state index in [2.05, 4.69) is 32.0 Å². The Hall–Kier alpha value is -1.99. The molecule has 2 amide bonds. The highest BCUT2D eigenvalue weighted by Gasteiger charge is 2.22. The topological polar surface area (TPSA) is 76.1 Å². The number of anilines is 1. The van der Waals surface area contributed by atoms with Crippen molar-refractivity contribution in [2.45, 2.75) is 31.9 Å². The molecule has 1 aliphatic carbocycles. The number of nitrogens with one attached hydrogen (secondary N) is 2. The fourth-order valence-electron chi connectivity index (χ4n) is 2.64. The summed E-state index contributed by atoms with van der Waals surface area (Å²) in [5.41, 5.74) is 1.97. The first kappa shape index (κ1) is 14.9. The second-order valence-electron chi connectivity index (χ2n) is 5.17. The molecule has 2 aromatic heterocycles. The predicted molar refractivity (Wildman–Crippen MR) is 84.9 cm³/mol. The van der Waals surface area contributed by atoms with Gasteiger partial charge in [-0.05, 0) is 36.3 Å². The Bertz CT molecular complexity index is 658. The number of rotatable bonds is 4. The van der Waals surface area contributed by atoms with Crippen molar-refractivity contribution in [1.29, 1.82) is 0 Å². The largest absolute Gasteiger partial charge is 0.378 e. The van der Waals surface area contributed by atoms with E-state index in [0.717, 1.165) is 25.0 Å². The van der Waals surface area contributed by atoms with Crippen LogP contribution in [0.5, 0.6) is 0 Å². The van der Waals surface area contributed by atoms with Gasteiger partial charge in [0.15, 0.2) is 0 Å². The van der Waals surface area contributed by atoms with E-state index >= 15 is 0 Å². The molecular weight excluding hydrogens is 300 g/mol. The maximum atomic E-state index is 12.2. The molecule has 0 radical (unpaired) electrons. The zero-order chi connectivity index (χ0) is 15.4. The smallest absolute Gasteiger partial charge is 0.320 e. The van der Waals surface area contributed by atoms with Crippen molar-refractivity contribution in [2.75, 3.05) is 12.4 Å². The van der Waals surface area contributed by atoms with Gasteiger partial charge in [-0.15, -0.1) is 11.3 Å². The first-order valence-corrected chi connectivity index (χ1v) is 8.08. The lowest BCUT2D eigenvalue weighted by Crippen LogP contribution is -2.34. The van der Waals surface area contributed by atoms with Crippen LogP contribution >= 0.6 is 11.3 Å². The van der Waals surface area contributed by atoms with Crippen molar-refractivity contribution in [3.05, 3.63) is 40.0 Å². The SMILES string of the molecule is COCc1cc(NC(=O)N[C@@H]2CCCc3sccc32)ncn1. The molecule has 0 aromatic carbocycles. The van der Waals surface area contributed by atoms with Gasteiger partial charge in [-0.2, -0.15) is 0 Å². The van der Waals surface area contributed by atoms with Gasteiger partial charge >= 0.3 is 6.03 Å². The van der Waals surface area contributed by atoms with Crippen molar-refractivity contribution < 1.29 is 9.53 Å². The maximum Gasteiger partial charge on any atom is 0.320 e. The van der Waals surface area contributed by atoms with Crippen molar-refractivity contribution in [2.24, 2.45) is 0 Å². The average Bonchev–Trinajstić information content (AvgIpc) is 2.97. The molecule has 6 nitrogen and oxygen atoms in total. The molecule has 3 rings (SSSR count). The number of hydrogen-bond donors (Lipinski definition) is 2. The second-order valence-corrected chi connectivity index (χ2v) is 6.17. The Kier molecular flexibility index (Phi) is 4.65. The Balaban J connectivity index is 1.63. The highest BCUT2D eigenvalue weighted by atomic mass is 32.1. The van der Waals surface area contributed by atoms with Gasteiger partial charge in [-0.1, -0.05) is 0 Å². The third kappa shape index (κ3) is 3.42. The molecule has 2 N–H and O–H groups in total. The molecule has 2 aromatic rings. The standard InChI is InChI=1S/C15H18N4O2S/c1-21-8-10-7-14(17-9-16-10)19-15(20)18-12-3-2-4-13-11(12)5-6-22-13/h5-7,9,12H,2-4,8H2,1H3,(H2,16,17,18,19,20)/t12-/m1/s1. The minimum atomic E-state index is -0.244. The van der Waals surface area contributed by atoms with E-state index in [1.165, 1.54) is 16.8 Å². The molecular formula is C15H18N4O2S. The number of ether oxygens (including phenoxy) is 1. The van der Waals surface area contributed by atoms with E-state index < -0.39 is 0 Å². The van der Waals surface area contributed by atoms with Gasteiger partial charge in [0.1, 0.15) is 12.1 Å². The van der Waals surface area contributed by atoms with Crippen LogP contribution in [0.1, 0.15) is 35.0 Å². The lowest BCUT2D eigenvalue weighted by Gasteiger charge is -2.23. The summed E-state index contributed by atoms with van der Waals surface area (Å²) in [4.78, 5) is 21.7. The summed E-state index contributed by atoms with van der Waals surface area (Å²) >= 11 is 1.76. The number of nitrogens with zero attached hydrogens (tertiary/aromatic N) is 2. The fourth-order valence-corrected chi connectivity index (χ4v) is 3.63. The van der Waals surface area contributed by atoms with E-state index in [0.29, 0.717) is 12.4 Å². The van der Waals surface area contributed by atoms with Crippen molar-refractivity contribution >= 4 is 23.2 Å². The molecule has 0 unspecified atom stereocenters. The Morgan fingerprint density at radius 2 is 2.41 bits per heavy atom. The van der Waals surface area contributed by atoms with E-state index in [1.807, 2.05) is 0 Å². The number of carbonyl (C=O) groups is 1. The molecule has 7 heteroatoms. The fraction of sp³-hybridized carbons (Fsp3) is 0.400. The number of hydrogen-bond acceptors (Lipinski definition) is 5. The Morgan fingerprint density at radius 1 is 1.50 bits per heavy atom. The molecule has 116 valence electrons. The number of aryl methyl sites for hydroxylation is 1. The quantitative estimate of drug-likeness (QED) is 0.909. The van der Waals surface area contributed by atoms with Crippen LogP contribution < -0.4 is 10.6 Å². The van der Waals surface area contributed by atoms with Gasteiger partial charge in [0.25, 0.3) is 0 Å². The second kappa shape index (κ2) is 6.85. The van der Waals surface area contributed by atoms with Crippen molar-refractivity contribution in [3.8, 4) is 0 Å². The molecule has 0 saturated heterocycles. The summed E-state index contributed by atoms with van der Waals surface area (Å²) in [5, 5.41) is 7.87. The van der Waals surface area contributed by atoms with Crippen LogP contribution in [0.2, 0.25) is 0 Å². The van der Waals surface area contributed by atoms with Gasteiger partial charge in [0.05, 0.1) is 18.3 Å². The van der Waals surface area contributed by atoms with Gasteiger partial charge < -0.3 is 10.1 Å². The Labute approximate surface area is 132 Å². The summed E-state index contributed by atoms with van der Waals surface area (Å²) in [6.45, 7) is 0.389. The number of fused-ring (bicyclic) bond motifs is 1. The summed E-state index contributed by atoms with van der Waals surface area (Å²) in [5.74, 6) is 0.473. The van der Waals surface area contributed by atoms with E-state index in [-0.39, 0.29) is 12.1 Å². The number of methoxy groups -OCH3 is 1. The zero-order valence-electron chi connectivity index (χ0n) is 12.3. The van der Waals surface area contributed by atoms with E-state index in [1.54, 1.807) is 24.5 Å². The molecule has 0 aliphatic heterocycles. The number of thiophene rings is 1. The molecule has 0 saturated carbocycles. The molecule has 0 spiro atoms. The summed E-state index contributed by atoms with van der Waals surface area (Å²) < 4.78 is 5.02. The third-order valence-corrected chi connectivity index (χ3v) is 4.61. The number of carbonyl (C=O) groups excluding carboxylic acids is 1. The maximum absolute atomic E-state index is 12.2. The van der Waals surface area contributed by atoms with Crippen molar-refractivity contribution in [3.63, 3.8) is 0 Å². The average molecular weight is 318 g/mol. The van der Waals surface area contributed by atoms with Gasteiger partial charge in [-0.25, -0.2) is 14.8 Å². The van der Waals surface area contributed by atoms with Gasteiger partial charge in [-0.3, -0.25) is 5.32 Å². The Morgan fingerprint density at radius 3 is 3.27 bits per heavy atom. The molecule has 0 fully saturated rings. The molecule has 22 heavy (non-hydrogen) atoms. The van der Waals surface area contributed by atoms with Crippen LogP contribution in [0.3, 0.4) is 0 Å². The highest BCUT2D eigenvalue weighted by Crippen LogP contribution is 2.33. The summed E-state index contributed by atoms with van der Waals surface area (Å²) in [6.07, 6.45) is 4.60. The zero-order valence-corrected chi connectivity index (χ0v) is 13.2. The molecule has 1 atom stereocenters. The van der Waals surface area contributed by atoms with Crippen LogP contribution in [-0.2, 0) is 17.8 Å². The summed E-state index contributed by atoms with van der Waals surface area (Å²) in [6, 6.07) is 3.65. The lowest BCUT2D eigenvalue weighted by atomic mass is 9.94. The third-order valence-electron chi connectivity index (χ3n) is 3.61. The van der Waals surface area contributed by atoms with Gasteiger partial charge in [0.2, 0.25) is 0 Å². The van der Waals surface area contributed by atoms with E-state index in [4.69, 9.17) is 4.74 Å². The normalized spacial score (nSPS) is 16.9. The first-order chi connectivity index (χ1) is 10.8. The molecule has 0 bridgehead atoms.